The van der Waals surface area contributed by atoms with Crippen LogP contribution in [0.3, 0.4) is 0 Å². The van der Waals surface area contributed by atoms with Gasteiger partial charge in [0.05, 0.1) is 6.26 Å². The molecule has 1 aromatic heterocycles. The van der Waals surface area contributed by atoms with E-state index < -0.39 is 10.0 Å². The molecular weight excluding hydrogens is 308 g/mol. The molecule has 1 saturated heterocycles. The van der Waals surface area contributed by atoms with Crippen LogP contribution in [0.5, 0.6) is 0 Å². The third-order valence-electron chi connectivity index (χ3n) is 3.31. The molecule has 2 rings (SSSR count). The third-order valence-corrected chi connectivity index (χ3v) is 5.67. The van der Waals surface area contributed by atoms with Gasteiger partial charge in [-0.2, -0.15) is 4.31 Å². The molecule has 6 nitrogen and oxygen atoms in total. The summed E-state index contributed by atoms with van der Waals surface area (Å²) in [7, 11) is -3.07. The summed E-state index contributed by atoms with van der Waals surface area (Å²) in [5.74, 6) is 0. The van der Waals surface area contributed by atoms with Gasteiger partial charge in [-0.15, -0.1) is 11.3 Å². The normalized spacial score (nSPS) is 18.2. The highest BCUT2D eigenvalue weighted by Gasteiger charge is 2.24. The second-order valence-electron chi connectivity index (χ2n) is 6.36. The lowest BCUT2D eigenvalue weighted by atomic mass is 10.1. The quantitative estimate of drug-likeness (QED) is 0.895. The van der Waals surface area contributed by atoms with Crippen molar-refractivity contribution in [1.29, 1.82) is 0 Å². The Labute approximate surface area is 131 Å². The van der Waals surface area contributed by atoms with Crippen LogP contribution in [0.25, 0.3) is 0 Å². The van der Waals surface area contributed by atoms with Crippen LogP contribution in [-0.2, 0) is 16.6 Å². The first-order chi connectivity index (χ1) is 9.65. The first-order valence-electron chi connectivity index (χ1n) is 7.05. The minimum absolute atomic E-state index is 0.0886. The van der Waals surface area contributed by atoms with Gasteiger partial charge in [0.15, 0.2) is 5.13 Å². The predicted octanol–water partition coefficient (Wildman–Crippen LogP) is 1.11. The smallest absolute Gasteiger partial charge is 0.211 e. The molecule has 1 aromatic rings. The molecule has 0 bridgehead atoms. The largest absolute Gasteiger partial charge is 0.345 e. The fourth-order valence-electron chi connectivity index (χ4n) is 2.09. The minimum Gasteiger partial charge on any atom is -0.345 e. The van der Waals surface area contributed by atoms with Crippen LogP contribution in [0.4, 0.5) is 5.13 Å². The minimum atomic E-state index is -3.07. The number of nitrogens with zero attached hydrogens (tertiary/aromatic N) is 3. The van der Waals surface area contributed by atoms with Gasteiger partial charge in [0.25, 0.3) is 0 Å². The molecule has 0 aliphatic carbocycles. The highest BCUT2D eigenvalue weighted by atomic mass is 32.2. The van der Waals surface area contributed by atoms with Crippen molar-refractivity contribution in [3.05, 3.63) is 11.1 Å². The molecule has 0 unspecified atom stereocenters. The third kappa shape index (κ3) is 4.91. The highest BCUT2D eigenvalue weighted by molar-refractivity contribution is 7.88. The summed E-state index contributed by atoms with van der Waals surface area (Å²) in [6.45, 7) is 9.70. The highest BCUT2D eigenvalue weighted by Crippen LogP contribution is 2.24. The van der Waals surface area contributed by atoms with Gasteiger partial charge in [-0.3, -0.25) is 0 Å². The summed E-state index contributed by atoms with van der Waals surface area (Å²) < 4.78 is 24.5. The first-order valence-corrected chi connectivity index (χ1v) is 9.71. The SMILES string of the molecule is CC(C)(C)NCc1cnc(N2CCN(S(C)(=O)=O)CC2)s1. The molecule has 1 fully saturated rings. The zero-order valence-corrected chi connectivity index (χ0v) is 14.7. The van der Waals surface area contributed by atoms with E-state index in [1.165, 1.54) is 15.4 Å². The maximum Gasteiger partial charge on any atom is 0.211 e. The van der Waals surface area contributed by atoms with Crippen LogP contribution in [0.2, 0.25) is 0 Å². The Morgan fingerprint density at radius 3 is 2.43 bits per heavy atom. The van der Waals surface area contributed by atoms with Crippen LogP contribution in [0, 0.1) is 0 Å². The Balaban J connectivity index is 1.91. The molecule has 120 valence electrons. The van der Waals surface area contributed by atoms with Crippen LogP contribution in [0.1, 0.15) is 25.6 Å². The number of thiazole rings is 1. The average molecular weight is 332 g/mol. The second kappa shape index (κ2) is 6.20. The van der Waals surface area contributed by atoms with Crippen molar-refractivity contribution in [3.8, 4) is 0 Å². The van der Waals surface area contributed by atoms with E-state index in [1.54, 1.807) is 11.3 Å². The summed E-state index contributed by atoms with van der Waals surface area (Å²) in [6, 6.07) is 0. The van der Waals surface area contributed by atoms with E-state index in [-0.39, 0.29) is 5.54 Å². The number of rotatable bonds is 4. The maximum atomic E-state index is 11.5. The zero-order chi connectivity index (χ0) is 15.7. The Hall–Kier alpha value is -0.700. The predicted molar refractivity (Wildman–Crippen MR) is 87.3 cm³/mol. The summed E-state index contributed by atoms with van der Waals surface area (Å²) in [5.41, 5.74) is 0.0886. The summed E-state index contributed by atoms with van der Waals surface area (Å²) >= 11 is 1.67. The van der Waals surface area contributed by atoms with Crippen molar-refractivity contribution < 1.29 is 8.42 Å². The molecule has 0 aromatic carbocycles. The van der Waals surface area contributed by atoms with Crippen molar-refractivity contribution in [3.63, 3.8) is 0 Å². The molecule has 8 heteroatoms. The van der Waals surface area contributed by atoms with E-state index in [2.05, 4.69) is 36.0 Å². The van der Waals surface area contributed by atoms with Crippen LogP contribution in [0.15, 0.2) is 6.20 Å². The first kappa shape index (κ1) is 16.7. The Kier molecular flexibility index (Phi) is 4.92. The number of piperazine rings is 1. The van der Waals surface area contributed by atoms with Gasteiger partial charge in [-0.1, -0.05) is 0 Å². The van der Waals surface area contributed by atoms with Crippen LogP contribution in [-0.4, -0.2) is 55.7 Å². The molecule has 1 N–H and O–H groups in total. The lowest BCUT2D eigenvalue weighted by Gasteiger charge is -2.32. The molecular formula is C13H24N4O2S2. The van der Waals surface area contributed by atoms with Gasteiger partial charge in [0.2, 0.25) is 10.0 Å². The van der Waals surface area contributed by atoms with Crippen molar-refractivity contribution in [2.75, 3.05) is 37.3 Å². The number of aromatic nitrogens is 1. The molecule has 0 saturated carbocycles. The van der Waals surface area contributed by atoms with Gasteiger partial charge in [0, 0.05) is 49.3 Å². The Bertz CT molecular complexity index is 569. The lowest BCUT2D eigenvalue weighted by molar-refractivity contribution is 0.388. The van der Waals surface area contributed by atoms with E-state index >= 15 is 0 Å². The summed E-state index contributed by atoms with van der Waals surface area (Å²) in [4.78, 5) is 7.82. The Morgan fingerprint density at radius 1 is 1.29 bits per heavy atom. The second-order valence-corrected chi connectivity index (χ2v) is 9.44. The Morgan fingerprint density at radius 2 is 1.90 bits per heavy atom. The van der Waals surface area contributed by atoms with E-state index in [0.29, 0.717) is 26.2 Å². The number of anilines is 1. The van der Waals surface area contributed by atoms with Crippen molar-refractivity contribution >= 4 is 26.5 Å². The molecule has 0 spiro atoms. The fourth-order valence-corrected chi connectivity index (χ4v) is 3.82. The molecule has 0 radical (unpaired) electrons. The molecule has 0 amide bonds. The van der Waals surface area contributed by atoms with Gasteiger partial charge in [0.1, 0.15) is 0 Å². The van der Waals surface area contributed by atoms with Crippen molar-refractivity contribution in [2.24, 2.45) is 0 Å². The van der Waals surface area contributed by atoms with E-state index in [1.807, 2.05) is 6.20 Å². The topological polar surface area (TPSA) is 65.5 Å². The number of nitrogens with one attached hydrogen (secondary N) is 1. The maximum absolute atomic E-state index is 11.5. The van der Waals surface area contributed by atoms with E-state index in [0.717, 1.165) is 11.7 Å². The van der Waals surface area contributed by atoms with E-state index in [9.17, 15) is 8.42 Å². The molecule has 2 heterocycles. The summed E-state index contributed by atoms with van der Waals surface area (Å²) in [6.07, 6.45) is 3.17. The van der Waals surface area contributed by atoms with Crippen LogP contribution >= 0.6 is 11.3 Å². The molecule has 1 aliphatic heterocycles. The zero-order valence-electron chi connectivity index (χ0n) is 13.1. The lowest BCUT2D eigenvalue weighted by Crippen LogP contribution is -2.48. The van der Waals surface area contributed by atoms with Crippen molar-refractivity contribution in [1.82, 2.24) is 14.6 Å². The standard InChI is InChI=1S/C13H24N4O2S2/c1-13(2,3)15-10-11-9-14-12(20-11)16-5-7-17(8-6-16)21(4,18)19/h9,15H,5-8,10H2,1-4H3. The van der Waals surface area contributed by atoms with Crippen molar-refractivity contribution in [2.45, 2.75) is 32.9 Å². The molecule has 21 heavy (non-hydrogen) atoms. The van der Waals surface area contributed by atoms with Gasteiger partial charge >= 0.3 is 0 Å². The van der Waals surface area contributed by atoms with E-state index in [4.69, 9.17) is 0 Å². The van der Waals surface area contributed by atoms with Gasteiger partial charge < -0.3 is 10.2 Å². The van der Waals surface area contributed by atoms with Gasteiger partial charge in [-0.25, -0.2) is 13.4 Å². The number of hydrogen-bond donors (Lipinski definition) is 1. The van der Waals surface area contributed by atoms with Gasteiger partial charge in [-0.05, 0) is 20.8 Å². The molecule has 1 aliphatic rings. The average Bonchev–Trinajstić information content (AvgIpc) is 2.83. The summed E-state index contributed by atoms with van der Waals surface area (Å²) in [5, 5.41) is 4.43. The fraction of sp³-hybridized carbons (Fsp3) is 0.769. The molecule has 0 atom stereocenters. The monoisotopic (exact) mass is 332 g/mol. The number of sulfonamides is 1. The van der Waals surface area contributed by atoms with Crippen LogP contribution < -0.4 is 10.2 Å². The number of hydrogen-bond acceptors (Lipinski definition) is 6.